The van der Waals surface area contributed by atoms with Crippen LogP contribution in [0.15, 0.2) is 18.2 Å². The highest BCUT2D eigenvalue weighted by Crippen LogP contribution is 2.37. The molecule has 1 heterocycles. The summed E-state index contributed by atoms with van der Waals surface area (Å²) in [5.74, 6) is -0.174. The molecular formula is C14H17FN2. The number of hydrogen-bond donors (Lipinski definition) is 2. The van der Waals surface area contributed by atoms with E-state index in [4.69, 9.17) is 5.73 Å². The number of aromatic nitrogens is 1. The second kappa shape index (κ2) is 3.57. The maximum Gasteiger partial charge on any atom is 0.123 e. The summed E-state index contributed by atoms with van der Waals surface area (Å²) < 4.78 is 13.3. The van der Waals surface area contributed by atoms with E-state index in [9.17, 15) is 4.39 Å². The second-order valence-corrected chi connectivity index (χ2v) is 5.28. The van der Waals surface area contributed by atoms with E-state index in [2.05, 4.69) is 4.98 Å². The Morgan fingerprint density at radius 2 is 2.18 bits per heavy atom. The molecular weight excluding hydrogens is 215 g/mol. The third-order valence-corrected chi connectivity index (χ3v) is 3.85. The predicted octanol–water partition coefficient (Wildman–Crippen LogP) is 3.04. The molecule has 2 aromatic rings. The number of benzene rings is 1. The van der Waals surface area contributed by atoms with E-state index in [0.29, 0.717) is 0 Å². The van der Waals surface area contributed by atoms with Gasteiger partial charge in [-0.15, -0.1) is 0 Å². The first-order valence-electron chi connectivity index (χ1n) is 6.13. The van der Waals surface area contributed by atoms with Crippen molar-refractivity contribution in [3.63, 3.8) is 0 Å². The van der Waals surface area contributed by atoms with Crippen LogP contribution >= 0.6 is 0 Å². The van der Waals surface area contributed by atoms with Gasteiger partial charge in [0.1, 0.15) is 5.82 Å². The fourth-order valence-corrected chi connectivity index (χ4v) is 2.46. The van der Waals surface area contributed by atoms with Gasteiger partial charge >= 0.3 is 0 Å². The Morgan fingerprint density at radius 3 is 2.88 bits per heavy atom. The summed E-state index contributed by atoms with van der Waals surface area (Å²) in [7, 11) is 0. The standard InChI is InChI=1S/C14H17FN2/c1-9-11(4-5-14(16)6-7-14)12-8-10(15)2-3-13(12)17-9/h2-3,8,17H,4-7,16H2,1H3. The Labute approximate surface area is 100 Å². The van der Waals surface area contributed by atoms with Crippen LogP contribution in [-0.2, 0) is 6.42 Å². The van der Waals surface area contributed by atoms with E-state index >= 15 is 0 Å². The first-order chi connectivity index (χ1) is 8.07. The monoisotopic (exact) mass is 232 g/mol. The highest BCUT2D eigenvalue weighted by molar-refractivity contribution is 5.84. The number of aryl methyl sites for hydroxylation is 2. The van der Waals surface area contributed by atoms with E-state index in [1.54, 1.807) is 12.1 Å². The minimum absolute atomic E-state index is 0.0589. The van der Waals surface area contributed by atoms with Crippen LogP contribution in [0.5, 0.6) is 0 Å². The summed E-state index contributed by atoms with van der Waals surface area (Å²) in [6.07, 6.45) is 4.19. The molecule has 90 valence electrons. The fourth-order valence-electron chi connectivity index (χ4n) is 2.46. The largest absolute Gasteiger partial charge is 0.358 e. The van der Waals surface area contributed by atoms with Gasteiger partial charge in [0.15, 0.2) is 0 Å². The molecule has 1 aliphatic rings. The van der Waals surface area contributed by atoms with Crippen molar-refractivity contribution in [2.45, 2.75) is 38.1 Å². The van der Waals surface area contributed by atoms with Crippen molar-refractivity contribution in [1.29, 1.82) is 0 Å². The molecule has 1 aromatic carbocycles. The van der Waals surface area contributed by atoms with Crippen LogP contribution in [0.1, 0.15) is 30.5 Å². The van der Waals surface area contributed by atoms with Gasteiger partial charge in [-0.3, -0.25) is 0 Å². The zero-order valence-electron chi connectivity index (χ0n) is 10.0. The van der Waals surface area contributed by atoms with Crippen LogP contribution in [0.25, 0.3) is 10.9 Å². The van der Waals surface area contributed by atoms with Crippen LogP contribution < -0.4 is 5.73 Å². The van der Waals surface area contributed by atoms with Crippen molar-refractivity contribution in [2.24, 2.45) is 5.73 Å². The lowest BCUT2D eigenvalue weighted by Crippen LogP contribution is -2.22. The summed E-state index contributed by atoms with van der Waals surface area (Å²) in [5.41, 5.74) is 9.53. The van der Waals surface area contributed by atoms with Gasteiger partial charge in [-0.2, -0.15) is 0 Å². The fraction of sp³-hybridized carbons (Fsp3) is 0.429. The zero-order valence-corrected chi connectivity index (χ0v) is 10.0. The number of rotatable bonds is 3. The van der Waals surface area contributed by atoms with Crippen molar-refractivity contribution in [3.05, 3.63) is 35.3 Å². The third kappa shape index (κ3) is 1.95. The van der Waals surface area contributed by atoms with Crippen LogP contribution in [0.4, 0.5) is 4.39 Å². The van der Waals surface area contributed by atoms with Crippen LogP contribution in [0.2, 0.25) is 0 Å². The van der Waals surface area contributed by atoms with Crippen molar-refractivity contribution < 1.29 is 4.39 Å². The normalized spacial score (nSPS) is 17.6. The Balaban J connectivity index is 1.96. The van der Waals surface area contributed by atoms with Crippen LogP contribution in [0, 0.1) is 12.7 Å². The Bertz CT molecular complexity index is 567. The van der Waals surface area contributed by atoms with E-state index in [0.717, 1.165) is 42.3 Å². The molecule has 1 aromatic heterocycles. The molecule has 0 aliphatic heterocycles. The number of aromatic amines is 1. The Hall–Kier alpha value is -1.35. The number of nitrogens with one attached hydrogen (secondary N) is 1. The minimum atomic E-state index is -0.174. The smallest absolute Gasteiger partial charge is 0.123 e. The molecule has 1 fully saturated rings. The third-order valence-electron chi connectivity index (χ3n) is 3.85. The van der Waals surface area contributed by atoms with Gasteiger partial charge in [0.2, 0.25) is 0 Å². The van der Waals surface area contributed by atoms with E-state index in [1.807, 2.05) is 6.92 Å². The van der Waals surface area contributed by atoms with Gasteiger partial charge in [0, 0.05) is 22.1 Å². The van der Waals surface area contributed by atoms with Crippen molar-refractivity contribution in [2.75, 3.05) is 0 Å². The maximum absolute atomic E-state index is 13.3. The molecule has 0 spiro atoms. The second-order valence-electron chi connectivity index (χ2n) is 5.28. The summed E-state index contributed by atoms with van der Waals surface area (Å²) in [5, 5.41) is 1.01. The number of halogens is 1. The quantitative estimate of drug-likeness (QED) is 0.839. The molecule has 17 heavy (non-hydrogen) atoms. The van der Waals surface area contributed by atoms with Gasteiger partial charge in [-0.05, 0) is 56.4 Å². The van der Waals surface area contributed by atoms with E-state index < -0.39 is 0 Å². The molecule has 0 atom stereocenters. The highest BCUT2D eigenvalue weighted by Gasteiger charge is 2.37. The van der Waals surface area contributed by atoms with Crippen molar-refractivity contribution in [3.8, 4) is 0 Å². The SMILES string of the molecule is Cc1[nH]c2ccc(F)cc2c1CCC1(N)CC1. The van der Waals surface area contributed by atoms with E-state index in [-0.39, 0.29) is 11.4 Å². The lowest BCUT2D eigenvalue weighted by atomic mass is 10.0. The average molecular weight is 232 g/mol. The number of H-pyrrole nitrogens is 1. The van der Waals surface area contributed by atoms with Gasteiger partial charge in [0.05, 0.1) is 0 Å². The molecule has 1 aliphatic carbocycles. The first-order valence-corrected chi connectivity index (χ1v) is 6.13. The summed E-state index contributed by atoms with van der Waals surface area (Å²) >= 11 is 0. The maximum atomic E-state index is 13.3. The lowest BCUT2D eigenvalue weighted by molar-refractivity contribution is 0.609. The molecule has 3 heteroatoms. The molecule has 3 N–H and O–H groups in total. The summed E-state index contributed by atoms with van der Waals surface area (Å²) in [4.78, 5) is 3.30. The van der Waals surface area contributed by atoms with Gasteiger partial charge in [-0.1, -0.05) is 0 Å². The highest BCUT2D eigenvalue weighted by atomic mass is 19.1. The van der Waals surface area contributed by atoms with Gasteiger partial charge in [0.25, 0.3) is 0 Å². The molecule has 0 radical (unpaired) electrons. The van der Waals surface area contributed by atoms with Crippen molar-refractivity contribution in [1.82, 2.24) is 4.98 Å². The van der Waals surface area contributed by atoms with Gasteiger partial charge in [-0.25, -0.2) is 4.39 Å². The Morgan fingerprint density at radius 1 is 1.41 bits per heavy atom. The molecule has 1 saturated carbocycles. The summed E-state index contributed by atoms with van der Waals surface area (Å²) in [6, 6.07) is 4.91. The number of nitrogens with two attached hydrogens (primary N) is 1. The zero-order chi connectivity index (χ0) is 12.0. The molecule has 2 nitrogen and oxygen atoms in total. The van der Waals surface area contributed by atoms with Gasteiger partial charge < -0.3 is 10.7 Å². The Kier molecular flexibility index (Phi) is 2.26. The molecule has 0 amide bonds. The number of fused-ring (bicyclic) bond motifs is 1. The molecule has 3 rings (SSSR count). The lowest BCUT2D eigenvalue weighted by Gasteiger charge is -2.08. The van der Waals surface area contributed by atoms with Crippen molar-refractivity contribution >= 4 is 10.9 Å². The predicted molar refractivity (Wildman–Crippen MR) is 67.5 cm³/mol. The van der Waals surface area contributed by atoms with E-state index in [1.165, 1.54) is 11.6 Å². The number of hydrogen-bond acceptors (Lipinski definition) is 1. The minimum Gasteiger partial charge on any atom is -0.358 e. The average Bonchev–Trinajstić information content (AvgIpc) is 2.92. The first kappa shape index (κ1) is 10.8. The van der Waals surface area contributed by atoms with Crippen LogP contribution in [0.3, 0.4) is 0 Å². The molecule has 0 saturated heterocycles. The van der Waals surface area contributed by atoms with Crippen LogP contribution in [-0.4, -0.2) is 10.5 Å². The topological polar surface area (TPSA) is 41.8 Å². The molecule has 0 bridgehead atoms. The molecule has 0 unspecified atom stereocenters. The summed E-state index contributed by atoms with van der Waals surface area (Å²) in [6.45, 7) is 2.04.